The van der Waals surface area contributed by atoms with Crippen molar-refractivity contribution in [2.24, 2.45) is 0 Å². The van der Waals surface area contributed by atoms with E-state index < -0.39 is 30.1 Å². The van der Waals surface area contributed by atoms with E-state index in [1.165, 1.54) is 0 Å². The fourth-order valence-electron chi connectivity index (χ4n) is 4.23. The number of allylic oxidation sites excluding steroid dienone is 2. The Morgan fingerprint density at radius 3 is 2.55 bits per heavy atom. The van der Waals surface area contributed by atoms with Crippen molar-refractivity contribution in [1.29, 1.82) is 0 Å². The van der Waals surface area contributed by atoms with Gasteiger partial charge in [0.2, 0.25) is 5.91 Å². The van der Waals surface area contributed by atoms with Crippen LogP contribution in [0.4, 0.5) is 14.5 Å². The van der Waals surface area contributed by atoms with E-state index >= 15 is 0 Å². The van der Waals surface area contributed by atoms with Crippen molar-refractivity contribution in [3.05, 3.63) is 53.6 Å². The lowest BCUT2D eigenvalue weighted by Crippen LogP contribution is -2.58. The van der Waals surface area contributed by atoms with Crippen molar-refractivity contribution >= 4 is 29.1 Å². The number of ether oxygens (including phenoxy) is 1. The zero-order valence-electron chi connectivity index (χ0n) is 17.2. The summed E-state index contributed by atoms with van der Waals surface area (Å²) in [5.41, 5.74) is 0.226. The minimum Gasteiger partial charge on any atom is -0.376 e. The average Bonchev–Trinajstić information content (AvgIpc) is 3.43. The standard InChI is InChI=1S/C23H25ClF2N2O3/c1-2-31-19-11-18(19)28-21(30)22(12-23(25,26)13-22)15-6-8-17(9-7-15)27-20(29)14-4-3-5-16(24)10-14/h3-4,6-10,16,18-19H,2,5,11-13H2,1H3,(H,27,29)(H,28,30)/t16?,18?,19-/m1/s1. The van der Waals surface area contributed by atoms with Crippen molar-refractivity contribution in [2.45, 2.75) is 61.5 Å². The van der Waals surface area contributed by atoms with Gasteiger partial charge in [0, 0.05) is 30.7 Å². The van der Waals surface area contributed by atoms with Crippen LogP contribution in [0.2, 0.25) is 0 Å². The molecule has 1 aromatic rings. The van der Waals surface area contributed by atoms with Gasteiger partial charge in [-0.25, -0.2) is 8.78 Å². The Balaban J connectivity index is 1.45. The largest absolute Gasteiger partial charge is 0.376 e. The second-order valence-electron chi connectivity index (χ2n) is 8.41. The highest BCUT2D eigenvalue weighted by Crippen LogP contribution is 2.54. The molecular formula is C23H25ClF2N2O3. The third-order valence-electron chi connectivity index (χ3n) is 5.96. The third-order valence-corrected chi connectivity index (χ3v) is 6.27. The van der Waals surface area contributed by atoms with E-state index in [4.69, 9.17) is 16.3 Å². The molecule has 166 valence electrons. The molecule has 8 heteroatoms. The predicted octanol–water partition coefficient (Wildman–Crippen LogP) is 4.08. The van der Waals surface area contributed by atoms with Gasteiger partial charge >= 0.3 is 0 Å². The highest BCUT2D eigenvalue weighted by Gasteiger charge is 2.62. The summed E-state index contributed by atoms with van der Waals surface area (Å²) < 4.78 is 33.1. The van der Waals surface area contributed by atoms with Crippen LogP contribution in [0.3, 0.4) is 0 Å². The molecule has 4 rings (SSSR count). The second kappa shape index (κ2) is 8.36. The number of alkyl halides is 3. The molecule has 0 heterocycles. The van der Waals surface area contributed by atoms with Gasteiger partial charge < -0.3 is 15.4 Å². The highest BCUT2D eigenvalue weighted by atomic mass is 35.5. The van der Waals surface area contributed by atoms with Gasteiger partial charge in [-0.05, 0) is 37.5 Å². The summed E-state index contributed by atoms with van der Waals surface area (Å²) in [6, 6.07) is 6.40. The first-order valence-corrected chi connectivity index (χ1v) is 10.9. The molecule has 0 aliphatic heterocycles. The van der Waals surface area contributed by atoms with E-state index in [1.807, 2.05) is 13.0 Å². The molecule has 3 aliphatic rings. The van der Waals surface area contributed by atoms with Crippen molar-refractivity contribution in [3.8, 4) is 0 Å². The third kappa shape index (κ3) is 4.67. The maximum atomic E-state index is 13.8. The molecule has 0 spiro atoms. The highest BCUT2D eigenvalue weighted by molar-refractivity contribution is 6.22. The number of anilines is 1. The van der Waals surface area contributed by atoms with Crippen molar-refractivity contribution in [1.82, 2.24) is 5.32 Å². The number of carbonyl (C=O) groups excluding carboxylic acids is 2. The van der Waals surface area contributed by atoms with Crippen molar-refractivity contribution in [3.63, 3.8) is 0 Å². The lowest BCUT2D eigenvalue weighted by Gasteiger charge is -2.46. The number of amides is 2. The van der Waals surface area contributed by atoms with Crippen LogP contribution in [-0.2, 0) is 19.7 Å². The summed E-state index contributed by atoms with van der Waals surface area (Å²) in [6.07, 6.45) is 5.51. The first-order valence-electron chi connectivity index (χ1n) is 10.5. The lowest BCUT2D eigenvalue weighted by atomic mass is 9.61. The lowest BCUT2D eigenvalue weighted by molar-refractivity contribution is -0.159. The summed E-state index contributed by atoms with van der Waals surface area (Å²) in [5, 5.41) is 5.42. The Kier molecular flexibility index (Phi) is 5.92. The molecule has 0 saturated heterocycles. The first-order chi connectivity index (χ1) is 14.7. The van der Waals surface area contributed by atoms with Gasteiger partial charge in [0.05, 0.1) is 22.9 Å². The molecule has 3 aliphatic carbocycles. The van der Waals surface area contributed by atoms with Gasteiger partial charge in [-0.2, -0.15) is 0 Å². The Morgan fingerprint density at radius 2 is 1.94 bits per heavy atom. The fraction of sp³-hybridized carbons (Fsp3) is 0.478. The van der Waals surface area contributed by atoms with Crippen LogP contribution in [0.1, 0.15) is 38.2 Å². The molecule has 1 aromatic carbocycles. The van der Waals surface area contributed by atoms with Crippen LogP contribution >= 0.6 is 11.6 Å². The zero-order chi connectivity index (χ0) is 22.2. The Hall–Kier alpha value is -2.25. The van der Waals surface area contributed by atoms with Crippen LogP contribution in [0.25, 0.3) is 0 Å². The van der Waals surface area contributed by atoms with Gasteiger partial charge in [-0.3, -0.25) is 9.59 Å². The van der Waals surface area contributed by atoms with Crippen LogP contribution in [-0.4, -0.2) is 41.9 Å². The zero-order valence-corrected chi connectivity index (χ0v) is 17.9. The SMILES string of the molecule is CCO[C@@H]1CC1NC(=O)C1(c2ccc(NC(=O)C3=CC(Cl)CC=C3)cc2)CC(F)(F)C1. The summed E-state index contributed by atoms with van der Waals surface area (Å²) in [5.74, 6) is -3.56. The molecule has 0 radical (unpaired) electrons. The molecular weight excluding hydrogens is 426 g/mol. The minimum absolute atomic E-state index is 0.0418. The number of halogens is 3. The van der Waals surface area contributed by atoms with Gasteiger partial charge in [0.25, 0.3) is 11.8 Å². The van der Waals surface area contributed by atoms with Crippen molar-refractivity contribution < 1.29 is 23.1 Å². The van der Waals surface area contributed by atoms with E-state index in [0.29, 0.717) is 36.3 Å². The maximum absolute atomic E-state index is 13.8. The monoisotopic (exact) mass is 450 g/mol. The number of benzene rings is 1. The molecule has 2 fully saturated rings. The topological polar surface area (TPSA) is 67.4 Å². The maximum Gasteiger partial charge on any atom is 0.255 e. The number of hydrogen-bond donors (Lipinski definition) is 2. The predicted molar refractivity (Wildman–Crippen MR) is 114 cm³/mol. The van der Waals surface area contributed by atoms with Crippen LogP contribution in [0.5, 0.6) is 0 Å². The number of rotatable bonds is 7. The van der Waals surface area contributed by atoms with Crippen molar-refractivity contribution in [2.75, 3.05) is 11.9 Å². The molecule has 5 nitrogen and oxygen atoms in total. The molecule has 2 amide bonds. The van der Waals surface area contributed by atoms with Gasteiger partial charge in [0.15, 0.2) is 0 Å². The van der Waals surface area contributed by atoms with E-state index in [2.05, 4.69) is 10.6 Å². The van der Waals surface area contributed by atoms with E-state index in [0.717, 1.165) is 0 Å². The normalized spacial score (nSPS) is 27.6. The summed E-state index contributed by atoms with van der Waals surface area (Å²) in [6.45, 7) is 2.42. The van der Waals surface area contributed by atoms with Crippen LogP contribution in [0.15, 0.2) is 48.1 Å². The van der Waals surface area contributed by atoms with E-state index in [-0.39, 0.29) is 23.4 Å². The first kappa shape index (κ1) is 22.0. The smallest absolute Gasteiger partial charge is 0.255 e. The molecule has 2 unspecified atom stereocenters. The van der Waals surface area contributed by atoms with E-state index in [9.17, 15) is 18.4 Å². The summed E-state index contributed by atoms with van der Waals surface area (Å²) in [4.78, 5) is 25.3. The summed E-state index contributed by atoms with van der Waals surface area (Å²) in [7, 11) is 0. The molecule has 0 bridgehead atoms. The molecule has 31 heavy (non-hydrogen) atoms. The Morgan fingerprint density at radius 1 is 1.23 bits per heavy atom. The quantitative estimate of drug-likeness (QED) is 0.615. The number of hydrogen-bond acceptors (Lipinski definition) is 3. The average molecular weight is 451 g/mol. The number of nitrogens with one attached hydrogen (secondary N) is 2. The summed E-state index contributed by atoms with van der Waals surface area (Å²) >= 11 is 6.06. The fourth-order valence-corrected chi connectivity index (χ4v) is 4.46. The molecule has 0 aromatic heterocycles. The van der Waals surface area contributed by atoms with Gasteiger partial charge in [-0.15, -0.1) is 11.6 Å². The Bertz CT molecular complexity index is 921. The minimum atomic E-state index is -2.87. The van der Waals surface area contributed by atoms with Gasteiger partial charge in [-0.1, -0.05) is 30.4 Å². The second-order valence-corrected chi connectivity index (χ2v) is 8.97. The Labute approximate surface area is 184 Å². The molecule has 2 N–H and O–H groups in total. The molecule has 3 atom stereocenters. The number of carbonyl (C=O) groups is 2. The van der Waals surface area contributed by atoms with Gasteiger partial charge in [0.1, 0.15) is 0 Å². The molecule has 2 saturated carbocycles. The van der Waals surface area contributed by atoms with Crippen LogP contribution in [0, 0.1) is 0 Å². The van der Waals surface area contributed by atoms with E-state index in [1.54, 1.807) is 36.4 Å². The van der Waals surface area contributed by atoms with Crippen LogP contribution < -0.4 is 10.6 Å².